The van der Waals surface area contributed by atoms with Gasteiger partial charge < -0.3 is 15.1 Å². The Morgan fingerprint density at radius 2 is 1.96 bits per heavy atom. The van der Waals surface area contributed by atoms with Crippen molar-refractivity contribution in [2.75, 3.05) is 19.6 Å². The molecular weight excluding hydrogens is 368 g/mol. The van der Waals surface area contributed by atoms with Crippen LogP contribution in [-0.2, 0) is 11.2 Å². The molecular formula is C22H34N4OS. The molecule has 6 heteroatoms. The van der Waals surface area contributed by atoms with Crippen molar-refractivity contribution in [3.63, 3.8) is 0 Å². The Labute approximate surface area is 174 Å². The van der Waals surface area contributed by atoms with Crippen LogP contribution in [0, 0.1) is 0 Å². The average molecular weight is 403 g/mol. The second-order valence-electron chi connectivity index (χ2n) is 8.10. The Kier molecular flexibility index (Phi) is 6.94. The summed E-state index contributed by atoms with van der Waals surface area (Å²) in [4.78, 5) is 17.8. The topological polar surface area (TPSA) is 47.6 Å². The molecule has 2 N–H and O–H groups in total. The zero-order valence-electron chi connectivity index (χ0n) is 17.4. The summed E-state index contributed by atoms with van der Waals surface area (Å²) in [5.74, 6) is 0.248. The third-order valence-corrected chi connectivity index (χ3v) is 6.56. The summed E-state index contributed by atoms with van der Waals surface area (Å²) in [6.07, 6.45) is 4.59. The Hall–Kier alpha value is -1.66. The average Bonchev–Trinajstić information content (AvgIpc) is 2.97. The predicted octanol–water partition coefficient (Wildman–Crippen LogP) is 2.90. The van der Waals surface area contributed by atoms with Gasteiger partial charge in [-0.25, -0.2) is 0 Å². The summed E-state index contributed by atoms with van der Waals surface area (Å²) in [7, 11) is 0. The number of benzene rings is 1. The lowest BCUT2D eigenvalue weighted by atomic mass is 9.94. The molecule has 5 nitrogen and oxygen atoms in total. The first-order chi connectivity index (χ1) is 13.5. The van der Waals surface area contributed by atoms with Crippen LogP contribution >= 0.6 is 12.2 Å². The summed E-state index contributed by atoms with van der Waals surface area (Å²) in [6.45, 7) is 9.14. The number of thiocarbonyl (C=S) groups is 1. The van der Waals surface area contributed by atoms with Gasteiger partial charge >= 0.3 is 0 Å². The van der Waals surface area contributed by atoms with Gasteiger partial charge in [-0.3, -0.25) is 10.1 Å². The van der Waals surface area contributed by atoms with Crippen molar-refractivity contribution in [2.45, 2.75) is 70.6 Å². The van der Waals surface area contributed by atoms with E-state index in [1.807, 2.05) is 18.2 Å². The maximum absolute atomic E-state index is 13.4. The lowest BCUT2D eigenvalue weighted by Crippen LogP contribution is -2.62. The van der Waals surface area contributed by atoms with Crippen LogP contribution in [0.4, 0.5) is 0 Å². The molecule has 0 unspecified atom stereocenters. The summed E-state index contributed by atoms with van der Waals surface area (Å²) in [6, 6.07) is 10.4. The number of likely N-dealkylation sites (tertiary alicyclic amines) is 1. The molecule has 0 saturated carbocycles. The van der Waals surface area contributed by atoms with E-state index in [0.717, 1.165) is 56.9 Å². The van der Waals surface area contributed by atoms with E-state index < -0.39 is 0 Å². The fourth-order valence-corrected chi connectivity index (χ4v) is 4.74. The molecule has 0 aromatic heterocycles. The van der Waals surface area contributed by atoms with Crippen LogP contribution in [0.3, 0.4) is 0 Å². The van der Waals surface area contributed by atoms with Gasteiger partial charge in [0.2, 0.25) is 5.91 Å². The van der Waals surface area contributed by atoms with Gasteiger partial charge in [0.15, 0.2) is 5.11 Å². The highest BCUT2D eigenvalue weighted by Gasteiger charge is 2.52. The molecule has 154 valence electrons. The van der Waals surface area contributed by atoms with Gasteiger partial charge in [-0.15, -0.1) is 0 Å². The van der Waals surface area contributed by atoms with Crippen LogP contribution in [0.15, 0.2) is 30.3 Å². The van der Waals surface area contributed by atoms with E-state index in [1.165, 1.54) is 5.56 Å². The molecule has 1 aromatic carbocycles. The van der Waals surface area contributed by atoms with Crippen LogP contribution in [0.25, 0.3) is 0 Å². The Balaban J connectivity index is 1.73. The predicted molar refractivity (Wildman–Crippen MR) is 118 cm³/mol. The minimum absolute atomic E-state index is 0.145. The Morgan fingerprint density at radius 1 is 1.29 bits per heavy atom. The maximum atomic E-state index is 13.4. The van der Waals surface area contributed by atoms with Gasteiger partial charge in [-0.2, -0.15) is 0 Å². The van der Waals surface area contributed by atoms with Crippen molar-refractivity contribution >= 4 is 23.2 Å². The van der Waals surface area contributed by atoms with E-state index >= 15 is 0 Å². The molecule has 1 spiro atoms. The second kappa shape index (κ2) is 9.23. The fourth-order valence-electron chi connectivity index (χ4n) is 4.45. The lowest BCUT2D eigenvalue weighted by Gasteiger charge is -2.47. The molecule has 2 saturated heterocycles. The van der Waals surface area contributed by atoms with Gasteiger partial charge in [0, 0.05) is 38.5 Å². The quantitative estimate of drug-likeness (QED) is 0.717. The minimum Gasteiger partial charge on any atom is -0.363 e. The van der Waals surface area contributed by atoms with Crippen molar-refractivity contribution in [1.82, 2.24) is 20.4 Å². The zero-order chi connectivity index (χ0) is 20.1. The van der Waals surface area contributed by atoms with E-state index in [1.54, 1.807) is 0 Å². The third kappa shape index (κ3) is 4.33. The highest BCUT2D eigenvalue weighted by atomic mass is 32.1. The molecule has 1 aromatic rings. The molecule has 0 aliphatic carbocycles. The van der Waals surface area contributed by atoms with Crippen LogP contribution in [0.1, 0.15) is 52.0 Å². The van der Waals surface area contributed by atoms with Crippen LogP contribution in [-0.4, -0.2) is 58.2 Å². The zero-order valence-corrected chi connectivity index (χ0v) is 18.2. The van der Waals surface area contributed by atoms with Gasteiger partial charge in [0.1, 0.15) is 0 Å². The van der Waals surface area contributed by atoms with Crippen molar-refractivity contribution in [3.05, 3.63) is 35.9 Å². The van der Waals surface area contributed by atoms with E-state index in [4.69, 9.17) is 12.2 Å². The molecule has 0 bridgehead atoms. The SMILES string of the molecule is CCCNC(=S)N1CCC2(CC1)N[C@@H](Cc1ccccc1)C(=O)N2[C@H](C)CC. The van der Waals surface area contributed by atoms with Gasteiger partial charge in [0.05, 0.1) is 11.7 Å². The number of hydrogen-bond acceptors (Lipinski definition) is 3. The first-order valence-electron chi connectivity index (χ1n) is 10.7. The standard InChI is InChI=1S/C22H34N4OS/c1-4-13-23-21(28)25-14-11-22(12-15-25)24-19(16-18-9-7-6-8-10-18)20(27)26(22)17(3)5-2/h6-10,17,19,24H,4-5,11-16H2,1-3H3,(H,23,28)/t17-,19+/m1/s1. The van der Waals surface area contributed by atoms with E-state index in [0.29, 0.717) is 0 Å². The van der Waals surface area contributed by atoms with Crippen molar-refractivity contribution in [3.8, 4) is 0 Å². The number of piperidine rings is 1. The Morgan fingerprint density at radius 3 is 2.57 bits per heavy atom. The summed E-state index contributed by atoms with van der Waals surface area (Å²) >= 11 is 5.55. The largest absolute Gasteiger partial charge is 0.363 e. The monoisotopic (exact) mass is 402 g/mol. The molecule has 2 aliphatic rings. The maximum Gasteiger partial charge on any atom is 0.241 e. The smallest absolute Gasteiger partial charge is 0.241 e. The van der Waals surface area contributed by atoms with Crippen LogP contribution in [0.2, 0.25) is 0 Å². The summed E-state index contributed by atoms with van der Waals surface area (Å²) in [5, 5.41) is 7.94. The van der Waals surface area contributed by atoms with E-state index in [2.05, 4.69) is 53.3 Å². The molecule has 2 aliphatic heterocycles. The normalized spacial score (nSPS) is 22.5. The number of rotatable bonds is 6. The number of carbonyl (C=O) groups is 1. The second-order valence-corrected chi connectivity index (χ2v) is 8.49. The number of carbonyl (C=O) groups excluding carboxylic acids is 1. The number of nitrogens with one attached hydrogen (secondary N) is 2. The van der Waals surface area contributed by atoms with Gasteiger partial charge in [0.25, 0.3) is 0 Å². The molecule has 3 rings (SSSR count). The van der Waals surface area contributed by atoms with Crippen molar-refractivity contribution in [2.24, 2.45) is 0 Å². The molecule has 2 fully saturated rings. The van der Waals surface area contributed by atoms with E-state index in [9.17, 15) is 4.79 Å². The van der Waals surface area contributed by atoms with Crippen molar-refractivity contribution in [1.29, 1.82) is 0 Å². The van der Waals surface area contributed by atoms with Crippen molar-refractivity contribution < 1.29 is 4.79 Å². The van der Waals surface area contributed by atoms with Gasteiger partial charge in [-0.1, -0.05) is 44.2 Å². The fraction of sp³-hybridized carbons (Fsp3) is 0.636. The summed E-state index contributed by atoms with van der Waals surface area (Å²) in [5.41, 5.74) is 0.958. The highest BCUT2D eigenvalue weighted by Crippen LogP contribution is 2.35. The molecule has 2 atom stereocenters. The van der Waals surface area contributed by atoms with E-state index in [-0.39, 0.29) is 23.7 Å². The Bertz CT molecular complexity index is 672. The number of amides is 1. The lowest BCUT2D eigenvalue weighted by molar-refractivity contribution is -0.136. The molecule has 2 heterocycles. The minimum atomic E-state index is -0.247. The molecule has 1 amide bonds. The highest BCUT2D eigenvalue weighted by molar-refractivity contribution is 7.80. The number of nitrogens with zero attached hydrogens (tertiary/aromatic N) is 2. The third-order valence-electron chi connectivity index (χ3n) is 6.16. The molecule has 28 heavy (non-hydrogen) atoms. The summed E-state index contributed by atoms with van der Waals surface area (Å²) < 4.78 is 0. The first-order valence-corrected chi connectivity index (χ1v) is 11.1. The van der Waals surface area contributed by atoms with Crippen LogP contribution in [0.5, 0.6) is 0 Å². The molecule has 0 radical (unpaired) electrons. The first kappa shape index (κ1) is 21.1. The van der Waals surface area contributed by atoms with Crippen LogP contribution < -0.4 is 10.6 Å². The number of hydrogen-bond donors (Lipinski definition) is 2. The van der Waals surface area contributed by atoms with Gasteiger partial charge in [-0.05, 0) is 44.0 Å².